The zero-order chi connectivity index (χ0) is 13.7. The Hall–Kier alpha value is -0.810. The molecule has 1 aliphatic heterocycles. The quantitative estimate of drug-likeness (QED) is 0.841. The SMILES string of the molecule is CCCNCc1cc(F)cnc1N1CCSCC1C. The van der Waals surface area contributed by atoms with Gasteiger partial charge < -0.3 is 10.2 Å². The first-order valence-electron chi connectivity index (χ1n) is 6.92. The van der Waals surface area contributed by atoms with E-state index in [1.807, 2.05) is 11.8 Å². The summed E-state index contributed by atoms with van der Waals surface area (Å²) in [5.41, 5.74) is 0.965. The number of hydrogen-bond donors (Lipinski definition) is 1. The highest BCUT2D eigenvalue weighted by atomic mass is 32.2. The molecule has 1 saturated heterocycles. The van der Waals surface area contributed by atoms with Gasteiger partial charge in [0, 0.05) is 36.2 Å². The summed E-state index contributed by atoms with van der Waals surface area (Å²) in [6.45, 7) is 6.96. The molecule has 1 N–H and O–H groups in total. The van der Waals surface area contributed by atoms with Gasteiger partial charge in [-0.25, -0.2) is 9.37 Å². The number of halogens is 1. The van der Waals surface area contributed by atoms with Gasteiger partial charge in [-0.15, -0.1) is 0 Å². The van der Waals surface area contributed by atoms with E-state index in [1.165, 1.54) is 6.20 Å². The minimum atomic E-state index is -0.254. The van der Waals surface area contributed by atoms with Crippen molar-refractivity contribution in [2.75, 3.05) is 29.5 Å². The van der Waals surface area contributed by atoms with Crippen LogP contribution in [0.2, 0.25) is 0 Å². The minimum Gasteiger partial charge on any atom is -0.352 e. The summed E-state index contributed by atoms with van der Waals surface area (Å²) in [5, 5.41) is 3.33. The number of aromatic nitrogens is 1. The Morgan fingerprint density at radius 2 is 2.42 bits per heavy atom. The highest BCUT2D eigenvalue weighted by Gasteiger charge is 2.22. The Bertz CT molecular complexity index is 414. The molecule has 0 amide bonds. The van der Waals surface area contributed by atoms with Crippen LogP contribution in [0.1, 0.15) is 25.8 Å². The molecule has 2 heterocycles. The molecule has 1 atom stereocenters. The van der Waals surface area contributed by atoms with Crippen LogP contribution in [0.15, 0.2) is 12.3 Å². The molecule has 106 valence electrons. The van der Waals surface area contributed by atoms with Gasteiger partial charge in [-0.1, -0.05) is 6.92 Å². The third-order valence-electron chi connectivity index (χ3n) is 3.29. The fourth-order valence-corrected chi connectivity index (χ4v) is 3.32. The lowest BCUT2D eigenvalue weighted by atomic mass is 10.2. The van der Waals surface area contributed by atoms with Crippen molar-refractivity contribution in [2.45, 2.75) is 32.9 Å². The van der Waals surface area contributed by atoms with Crippen molar-refractivity contribution in [2.24, 2.45) is 0 Å². The van der Waals surface area contributed by atoms with Gasteiger partial charge in [-0.2, -0.15) is 11.8 Å². The van der Waals surface area contributed by atoms with E-state index in [4.69, 9.17) is 0 Å². The topological polar surface area (TPSA) is 28.2 Å². The summed E-state index contributed by atoms with van der Waals surface area (Å²) >= 11 is 1.97. The van der Waals surface area contributed by atoms with E-state index in [2.05, 4.69) is 29.0 Å². The Kier molecular flexibility index (Phi) is 5.45. The molecule has 5 heteroatoms. The lowest BCUT2D eigenvalue weighted by Crippen LogP contribution is -2.41. The van der Waals surface area contributed by atoms with Crippen LogP contribution < -0.4 is 10.2 Å². The number of nitrogens with zero attached hydrogens (tertiary/aromatic N) is 2. The Morgan fingerprint density at radius 1 is 1.58 bits per heavy atom. The first kappa shape index (κ1) is 14.6. The van der Waals surface area contributed by atoms with E-state index in [0.29, 0.717) is 12.6 Å². The molecule has 1 aromatic rings. The zero-order valence-corrected chi connectivity index (χ0v) is 12.5. The van der Waals surface area contributed by atoms with Gasteiger partial charge in [-0.3, -0.25) is 0 Å². The van der Waals surface area contributed by atoms with Crippen molar-refractivity contribution in [3.05, 3.63) is 23.6 Å². The van der Waals surface area contributed by atoms with E-state index >= 15 is 0 Å². The largest absolute Gasteiger partial charge is 0.352 e. The molecule has 19 heavy (non-hydrogen) atoms. The predicted octanol–water partition coefficient (Wildman–Crippen LogP) is 2.66. The smallest absolute Gasteiger partial charge is 0.141 e. The van der Waals surface area contributed by atoms with Gasteiger partial charge in [0.25, 0.3) is 0 Å². The van der Waals surface area contributed by atoms with E-state index in [9.17, 15) is 4.39 Å². The maximum absolute atomic E-state index is 13.4. The third kappa shape index (κ3) is 3.83. The fraction of sp³-hybridized carbons (Fsp3) is 0.643. The zero-order valence-electron chi connectivity index (χ0n) is 11.7. The molecule has 0 radical (unpaired) electrons. The van der Waals surface area contributed by atoms with Gasteiger partial charge in [0.2, 0.25) is 0 Å². The molecule has 1 unspecified atom stereocenters. The lowest BCUT2D eigenvalue weighted by molar-refractivity contribution is 0.604. The Balaban J connectivity index is 2.17. The first-order valence-corrected chi connectivity index (χ1v) is 8.07. The van der Waals surface area contributed by atoms with E-state index in [-0.39, 0.29) is 5.82 Å². The van der Waals surface area contributed by atoms with E-state index in [0.717, 1.165) is 42.4 Å². The van der Waals surface area contributed by atoms with Crippen LogP contribution in [0.3, 0.4) is 0 Å². The second-order valence-corrected chi connectivity index (χ2v) is 6.08. The van der Waals surface area contributed by atoms with Crippen LogP contribution in [-0.2, 0) is 6.54 Å². The molecule has 1 fully saturated rings. The highest BCUT2D eigenvalue weighted by Crippen LogP contribution is 2.25. The van der Waals surface area contributed by atoms with E-state index < -0.39 is 0 Å². The van der Waals surface area contributed by atoms with Gasteiger partial charge in [0.05, 0.1) is 6.20 Å². The molecule has 0 bridgehead atoms. The van der Waals surface area contributed by atoms with Crippen molar-refractivity contribution in [1.29, 1.82) is 0 Å². The van der Waals surface area contributed by atoms with Crippen molar-refractivity contribution in [1.82, 2.24) is 10.3 Å². The van der Waals surface area contributed by atoms with Crippen molar-refractivity contribution >= 4 is 17.6 Å². The van der Waals surface area contributed by atoms with Gasteiger partial charge in [-0.05, 0) is 26.0 Å². The molecular formula is C14H22FN3S. The third-order valence-corrected chi connectivity index (χ3v) is 4.48. The average molecular weight is 283 g/mol. The summed E-state index contributed by atoms with van der Waals surface area (Å²) in [5.74, 6) is 2.92. The number of anilines is 1. The van der Waals surface area contributed by atoms with Crippen LogP contribution in [0.4, 0.5) is 10.2 Å². The first-order chi connectivity index (χ1) is 9.22. The predicted molar refractivity (Wildman–Crippen MR) is 80.3 cm³/mol. The fourth-order valence-electron chi connectivity index (χ4n) is 2.30. The van der Waals surface area contributed by atoms with Crippen LogP contribution in [0, 0.1) is 5.82 Å². The van der Waals surface area contributed by atoms with Crippen LogP contribution in [0.25, 0.3) is 0 Å². The van der Waals surface area contributed by atoms with Crippen molar-refractivity contribution in [3.8, 4) is 0 Å². The molecule has 1 aromatic heterocycles. The molecule has 3 nitrogen and oxygen atoms in total. The van der Waals surface area contributed by atoms with Crippen LogP contribution in [-0.4, -0.2) is 35.6 Å². The van der Waals surface area contributed by atoms with Crippen LogP contribution >= 0.6 is 11.8 Å². The summed E-state index contributed by atoms with van der Waals surface area (Å²) in [6.07, 6.45) is 2.40. The Labute approximate surface area is 119 Å². The standard InChI is InChI=1S/C14H22FN3S/c1-3-4-16-8-12-7-13(15)9-17-14(12)18-5-6-19-10-11(18)2/h7,9,11,16H,3-6,8,10H2,1-2H3. The van der Waals surface area contributed by atoms with Crippen molar-refractivity contribution < 1.29 is 4.39 Å². The molecule has 1 aliphatic rings. The maximum atomic E-state index is 13.4. The lowest BCUT2D eigenvalue weighted by Gasteiger charge is -2.35. The molecule has 0 spiro atoms. The summed E-state index contributed by atoms with van der Waals surface area (Å²) in [4.78, 5) is 6.64. The second-order valence-electron chi connectivity index (χ2n) is 4.93. The average Bonchev–Trinajstić information content (AvgIpc) is 2.40. The van der Waals surface area contributed by atoms with Gasteiger partial charge in [0.15, 0.2) is 0 Å². The van der Waals surface area contributed by atoms with Gasteiger partial charge in [0.1, 0.15) is 11.6 Å². The molecule has 2 rings (SSSR count). The Morgan fingerprint density at radius 3 is 3.16 bits per heavy atom. The number of rotatable bonds is 5. The molecule has 0 aromatic carbocycles. The summed E-state index contributed by atoms with van der Waals surface area (Å²) in [6, 6.07) is 2.07. The van der Waals surface area contributed by atoms with Gasteiger partial charge >= 0.3 is 0 Å². The monoisotopic (exact) mass is 283 g/mol. The number of thioether (sulfide) groups is 1. The summed E-state index contributed by atoms with van der Waals surface area (Å²) in [7, 11) is 0. The summed E-state index contributed by atoms with van der Waals surface area (Å²) < 4.78 is 13.4. The minimum absolute atomic E-state index is 0.254. The molecule has 0 aliphatic carbocycles. The van der Waals surface area contributed by atoms with Crippen LogP contribution in [0.5, 0.6) is 0 Å². The number of pyridine rings is 1. The molecular weight excluding hydrogens is 261 g/mol. The maximum Gasteiger partial charge on any atom is 0.141 e. The number of nitrogens with one attached hydrogen (secondary N) is 1. The molecule has 0 saturated carbocycles. The van der Waals surface area contributed by atoms with E-state index in [1.54, 1.807) is 6.07 Å². The normalized spacial score (nSPS) is 19.7. The second kappa shape index (κ2) is 7.10. The highest BCUT2D eigenvalue weighted by molar-refractivity contribution is 7.99. The van der Waals surface area contributed by atoms with Crippen molar-refractivity contribution in [3.63, 3.8) is 0 Å². The number of hydrogen-bond acceptors (Lipinski definition) is 4.